The third kappa shape index (κ3) is 3.36. The SMILES string of the molecule is CCc1ccc([C@H]2C(C#N)=C(N)N(c3ccc(Br)cn3)C3=C2C(=O)CCC3)cc1. The van der Waals surface area contributed by atoms with Gasteiger partial charge in [-0.05, 0) is 58.5 Å². The highest BCUT2D eigenvalue weighted by atomic mass is 79.9. The Morgan fingerprint density at radius 2 is 2.00 bits per heavy atom. The van der Waals surface area contributed by atoms with Gasteiger partial charge in [0.25, 0.3) is 0 Å². The van der Waals surface area contributed by atoms with Gasteiger partial charge in [-0.15, -0.1) is 0 Å². The van der Waals surface area contributed by atoms with E-state index in [-0.39, 0.29) is 5.78 Å². The van der Waals surface area contributed by atoms with Crippen molar-refractivity contribution in [1.29, 1.82) is 5.26 Å². The highest BCUT2D eigenvalue weighted by Crippen LogP contribution is 2.45. The van der Waals surface area contributed by atoms with Crippen molar-refractivity contribution in [3.8, 4) is 6.07 Å². The third-order valence-corrected chi connectivity index (χ3v) is 6.04. The fourth-order valence-electron chi connectivity index (χ4n) is 4.13. The van der Waals surface area contributed by atoms with E-state index in [1.807, 2.05) is 24.3 Å². The number of aromatic nitrogens is 1. The molecule has 0 fully saturated rings. The molecule has 29 heavy (non-hydrogen) atoms. The molecule has 1 aromatic heterocycles. The lowest BCUT2D eigenvalue weighted by Gasteiger charge is -2.39. The van der Waals surface area contributed by atoms with Crippen LogP contribution in [0.25, 0.3) is 0 Å². The topological polar surface area (TPSA) is 83.0 Å². The molecule has 1 aliphatic heterocycles. The standard InChI is InChI=1S/C23H21BrN4O/c1-2-14-6-8-15(9-7-14)21-17(12-25)23(26)28(20-11-10-16(24)13-27-20)18-4-3-5-19(29)22(18)21/h6-11,13,21H,2-5,26H2,1H3/t21-/m0/s1. The van der Waals surface area contributed by atoms with Crippen LogP contribution in [-0.4, -0.2) is 10.8 Å². The van der Waals surface area contributed by atoms with Gasteiger partial charge in [-0.1, -0.05) is 31.2 Å². The minimum absolute atomic E-state index is 0.0816. The molecule has 2 aliphatic rings. The Hall–Kier alpha value is -2.91. The van der Waals surface area contributed by atoms with Gasteiger partial charge < -0.3 is 5.73 Å². The van der Waals surface area contributed by atoms with Crippen molar-refractivity contribution in [2.45, 2.75) is 38.5 Å². The van der Waals surface area contributed by atoms with Gasteiger partial charge in [0, 0.05) is 28.4 Å². The number of hydrogen-bond donors (Lipinski definition) is 1. The lowest BCUT2D eigenvalue weighted by molar-refractivity contribution is -0.116. The van der Waals surface area contributed by atoms with Crippen molar-refractivity contribution in [2.75, 3.05) is 4.90 Å². The van der Waals surface area contributed by atoms with Crippen LogP contribution in [0.5, 0.6) is 0 Å². The van der Waals surface area contributed by atoms with E-state index in [0.29, 0.717) is 29.2 Å². The first-order chi connectivity index (χ1) is 14.0. The highest BCUT2D eigenvalue weighted by molar-refractivity contribution is 9.10. The van der Waals surface area contributed by atoms with E-state index >= 15 is 0 Å². The fraction of sp³-hybridized carbons (Fsp3) is 0.261. The number of nitrogens with two attached hydrogens (primary N) is 1. The summed E-state index contributed by atoms with van der Waals surface area (Å²) in [7, 11) is 0. The molecule has 2 aromatic rings. The van der Waals surface area contributed by atoms with Crippen LogP contribution in [0.15, 0.2) is 69.7 Å². The second-order valence-corrected chi connectivity index (χ2v) is 8.16. The Balaban J connectivity index is 1.92. The second kappa shape index (κ2) is 7.84. The molecule has 2 N–H and O–H groups in total. The normalized spacial score (nSPS) is 19.3. The van der Waals surface area contributed by atoms with Gasteiger partial charge in [0.15, 0.2) is 5.78 Å². The summed E-state index contributed by atoms with van der Waals surface area (Å²) in [6.45, 7) is 2.10. The molecule has 6 heteroatoms. The Bertz CT molecular complexity index is 1060. The number of pyridine rings is 1. The monoisotopic (exact) mass is 448 g/mol. The quantitative estimate of drug-likeness (QED) is 0.734. The van der Waals surface area contributed by atoms with Crippen molar-refractivity contribution in [2.24, 2.45) is 5.73 Å². The van der Waals surface area contributed by atoms with Crippen LogP contribution in [0.2, 0.25) is 0 Å². The maximum absolute atomic E-state index is 13.0. The number of carbonyl (C=O) groups excluding carboxylic acids is 1. The summed E-state index contributed by atoms with van der Waals surface area (Å²) in [6.07, 6.45) is 4.60. The summed E-state index contributed by atoms with van der Waals surface area (Å²) in [5, 5.41) is 10.0. The number of benzene rings is 1. The zero-order valence-corrected chi connectivity index (χ0v) is 17.7. The first-order valence-corrected chi connectivity index (χ1v) is 10.5. The summed E-state index contributed by atoms with van der Waals surface area (Å²) < 4.78 is 0.851. The fourth-order valence-corrected chi connectivity index (χ4v) is 4.36. The van der Waals surface area contributed by atoms with Crippen LogP contribution in [0.4, 0.5) is 5.82 Å². The molecular formula is C23H21BrN4O. The van der Waals surface area contributed by atoms with Crippen molar-refractivity contribution in [3.63, 3.8) is 0 Å². The van der Waals surface area contributed by atoms with Gasteiger partial charge in [-0.25, -0.2) is 4.98 Å². The molecule has 1 aliphatic carbocycles. The molecule has 0 amide bonds. The maximum atomic E-state index is 13.0. The average molecular weight is 449 g/mol. The van der Waals surface area contributed by atoms with Crippen LogP contribution < -0.4 is 10.6 Å². The predicted molar refractivity (Wildman–Crippen MR) is 116 cm³/mol. The van der Waals surface area contributed by atoms with Gasteiger partial charge in [-0.2, -0.15) is 5.26 Å². The first kappa shape index (κ1) is 19.4. The lowest BCUT2D eigenvalue weighted by atomic mass is 9.75. The molecule has 0 saturated carbocycles. The maximum Gasteiger partial charge on any atom is 0.161 e. The molecule has 5 nitrogen and oxygen atoms in total. The van der Waals surface area contributed by atoms with Crippen LogP contribution in [-0.2, 0) is 11.2 Å². The number of nitriles is 1. The van der Waals surface area contributed by atoms with Crippen molar-refractivity contribution >= 4 is 27.5 Å². The molecule has 0 radical (unpaired) electrons. The largest absolute Gasteiger partial charge is 0.384 e. The zero-order valence-electron chi connectivity index (χ0n) is 16.2. The molecule has 0 unspecified atom stereocenters. The third-order valence-electron chi connectivity index (χ3n) is 5.58. The number of Topliss-reactive ketones (excluding diaryl/α,β-unsaturated/α-hetero) is 1. The number of carbonyl (C=O) groups is 1. The van der Waals surface area contributed by atoms with Gasteiger partial charge in [0.05, 0.1) is 17.6 Å². The molecule has 4 rings (SSSR count). The molecule has 0 bridgehead atoms. The average Bonchev–Trinajstić information content (AvgIpc) is 2.74. The zero-order chi connectivity index (χ0) is 20.5. The van der Waals surface area contributed by atoms with Crippen molar-refractivity contribution < 1.29 is 4.79 Å². The summed E-state index contributed by atoms with van der Waals surface area (Å²) in [6, 6.07) is 14.1. The van der Waals surface area contributed by atoms with E-state index in [1.165, 1.54) is 5.56 Å². The number of halogens is 1. The summed E-state index contributed by atoms with van der Waals surface area (Å²) in [5.74, 6) is 0.611. The van der Waals surface area contributed by atoms with Gasteiger partial charge in [-0.3, -0.25) is 9.69 Å². The Labute approximate surface area is 178 Å². The Kier molecular flexibility index (Phi) is 5.25. The van der Waals surface area contributed by atoms with Crippen LogP contribution in [0.3, 0.4) is 0 Å². The molecule has 1 aromatic carbocycles. The molecule has 0 spiro atoms. The van der Waals surface area contributed by atoms with E-state index in [1.54, 1.807) is 11.1 Å². The lowest BCUT2D eigenvalue weighted by Crippen LogP contribution is -2.39. The molecule has 2 heterocycles. The van der Waals surface area contributed by atoms with Gasteiger partial charge in [0.2, 0.25) is 0 Å². The second-order valence-electron chi connectivity index (χ2n) is 7.25. The Morgan fingerprint density at radius 1 is 1.24 bits per heavy atom. The number of allylic oxidation sites excluding steroid dienone is 3. The van der Waals surface area contributed by atoms with Gasteiger partial charge in [0.1, 0.15) is 11.6 Å². The first-order valence-electron chi connectivity index (χ1n) is 9.71. The van der Waals surface area contributed by atoms with Crippen LogP contribution in [0, 0.1) is 11.3 Å². The number of anilines is 1. The molecule has 1 atom stereocenters. The number of rotatable bonds is 3. The summed E-state index contributed by atoms with van der Waals surface area (Å²) in [4.78, 5) is 19.3. The van der Waals surface area contributed by atoms with Crippen LogP contribution >= 0.6 is 15.9 Å². The van der Waals surface area contributed by atoms with E-state index < -0.39 is 5.92 Å². The smallest absolute Gasteiger partial charge is 0.161 e. The summed E-state index contributed by atoms with van der Waals surface area (Å²) in [5.41, 5.74) is 10.6. The van der Waals surface area contributed by atoms with Crippen molar-refractivity contribution in [1.82, 2.24) is 4.98 Å². The van der Waals surface area contributed by atoms with Crippen molar-refractivity contribution in [3.05, 3.63) is 80.9 Å². The Morgan fingerprint density at radius 3 is 2.62 bits per heavy atom. The minimum atomic E-state index is -0.430. The minimum Gasteiger partial charge on any atom is -0.384 e. The summed E-state index contributed by atoms with van der Waals surface area (Å²) >= 11 is 3.40. The number of nitrogens with zero attached hydrogens (tertiary/aromatic N) is 3. The number of hydrogen-bond acceptors (Lipinski definition) is 5. The number of aryl methyl sites for hydroxylation is 1. The predicted octanol–water partition coefficient (Wildman–Crippen LogP) is 4.71. The van der Waals surface area contributed by atoms with Gasteiger partial charge >= 0.3 is 0 Å². The molecule has 0 saturated heterocycles. The van der Waals surface area contributed by atoms with E-state index in [0.717, 1.165) is 35.0 Å². The van der Waals surface area contributed by atoms with E-state index in [2.05, 4.69) is 46.0 Å². The van der Waals surface area contributed by atoms with Crippen LogP contribution in [0.1, 0.15) is 43.2 Å². The highest BCUT2D eigenvalue weighted by Gasteiger charge is 2.40. The molecule has 146 valence electrons. The number of ketones is 1. The van der Waals surface area contributed by atoms with E-state index in [4.69, 9.17) is 5.73 Å². The van der Waals surface area contributed by atoms with E-state index in [9.17, 15) is 10.1 Å². The molecular weight excluding hydrogens is 428 g/mol.